The van der Waals surface area contributed by atoms with Crippen molar-refractivity contribution >= 4 is 23.5 Å². The van der Waals surface area contributed by atoms with E-state index in [9.17, 15) is 23.2 Å². The van der Waals surface area contributed by atoms with Gasteiger partial charge in [0.2, 0.25) is 5.91 Å². The van der Waals surface area contributed by atoms with E-state index in [0.29, 0.717) is 5.56 Å². The standard InChI is InChI=1S/C19H17F2N3O4/c1-19(12-7-3-2-4-8-12)16(26)24(18(27)23-19)11-15(25)22-13-9-5-6-10-14(13)28-17(20)21/h2-10,17H,11H2,1H3,(H,22,25)(H,23,27)/t19-/m1/s1. The SMILES string of the molecule is C[C@]1(c2ccccc2)NC(=O)N(CC(=O)Nc2ccccc2OC(F)F)C1=O. The summed E-state index contributed by atoms with van der Waals surface area (Å²) in [7, 11) is 0. The van der Waals surface area contributed by atoms with Crippen LogP contribution < -0.4 is 15.4 Å². The summed E-state index contributed by atoms with van der Waals surface area (Å²) >= 11 is 0. The van der Waals surface area contributed by atoms with E-state index >= 15 is 0 Å². The summed E-state index contributed by atoms with van der Waals surface area (Å²) in [6, 6.07) is 13.5. The van der Waals surface area contributed by atoms with E-state index in [1.54, 1.807) is 37.3 Å². The first-order valence-electron chi connectivity index (χ1n) is 8.34. The Morgan fingerprint density at radius 3 is 2.46 bits per heavy atom. The Bertz CT molecular complexity index is 907. The van der Waals surface area contributed by atoms with Crippen LogP contribution in [0.4, 0.5) is 19.3 Å². The number of ether oxygens (including phenoxy) is 1. The molecule has 0 radical (unpaired) electrons. The minimum Gasteiger partial charge on any atom is -0.433 e. The Kier molecular flexibility index (Phi) is 5.25. The Morgan fingerprint density at radius 1 is 1.14 bits per heavy atom. The van der Waals surface area contributed by atoms with E-state index in [-0.39, 0.29) is 11.4 Å². The number of para-hydroxylation sites is 2. The number of carbonyl (C=O) groups excluding carboxylic acids is 3. The second-order valence-electron chi connectivity index (χ2n) is 6.24. The average Bonchev–Trinajstić information content (AvgIpc) is 2.88. The second kappa shape index (κ2) is 7.63. The van der Waals surface area contributed by atoms with Crippen molar-refractivity contribution in [2.75, 3.05) is 11.9 Å². The van der Waals surface area contributed by atoms with E-state index < -0.39 is 36.5 Å². The van der Waals surface area contributed by atoms with E-state index in [4.69, 9.17) is 0 Å². The molecule has 2 aromatic carbocycles. The highest BCUT2D eigenvalue weighted by molar-refractivity contribution is 6.10. The van der Waals surface area contributed by atoms with Crippen molar-refractivity contribution in [3.05, 3.63) is 60.2 Å². The maximum atomic E-state index is 12.8. The smallest absolute Gasteiger partial charge is 0.387 e. The fraction of sp³-hybridized carbons (Fsp3) is 0.211. The van der Waals surface area contributed by atoms with Crippen molar-refractivity contribution in [3.63, 3.8) is 0 Å². The van der Waals surface area contributed by atoms with Gasteiger partial charge < -0.3 is 15.4 Å². The number of carbonyl (C=O) groups is 3. The molecule has 0 aromatic heterocycles. The number of amides is 4. The van der Waals surface area contributed by atoms with Crippen molar-refractivity contribution in [3.8, 4) is 5.75 Å². The normalized spacial score (nSPS) is 18.9. The van der Waals surface area contributed by atoms with E-state index in [2.05, 4.69) is 15.4 Å². The first kappa shape index (κ1) is 19.3. The van der Waals surface area contributed by atoms with Gasteiger partial charge in [0.05, 0.1) is 5.69 Å². The number of nitrogens with one attached hydrogen (secondary N) is 2. The molecular weight excluding hydrogens is 372 g/mol. The summed E-state index contributed by atoms with van der Waals surface area (Å²) in [4.78, 5) is 38.1. The highest BCUT2D eigenvalue weighted by Gasteiger charge is 2.49. The summed E-state index contributed by atoms with van der Waals surface area (Å²) in [6.45, 7) is -2.09. The molecule has 4 amide bonds. The molecule has 2 aromatic rings. The number of urea groups is 1. The van der Waals surface area contributed by atoms with Gasteiger partial charge in [-0.05, 0) is 24.6 Å². The van der Waals surface area contributed by atoms with E-state index in [1.165, 1.54) is 24.3 Å². The number of benzene rings is 2. The zero-order chi connectivity index (χ0) is 20.3. The highest BCUT2D eigenvalue weighted by atomic mass is 19.3. The van der Waals surface area contributed by atoms with E-state index in [1.807, 2.05) is 0 Å². The topological polar surface area (TPSA) is 87.7 Å². The summed E-state index contributed by atoms with van der Waals surface area (Å²) in [5.74, 6) is -1.54. The third-order valence-corrected chi connectivity index (χ3v) is 4.31. The van der Waals surface area contributed by atoms with Gasteiger partial charge in [0.15, 0.2) is 0 Å². The first-order valence-corrected chi connectivity index (χ1v) is 8.34. The molecule has 0 bridgehead atoms. The molecule has 9 heteroatoms. The number of nitrogens with zero attached hydrogens (tertiary/aromatic N) is 1. The van der Waals surface area contributed by atoms with Crippen LogP contribution in [0.3, 0.4) is 0 Å². The number of hydrogen-bond donors (Lipinski definition) is 2. The Hall–Kier alpha value is -3.49. The van der Waals surface area contributed by atoms with Crippen molar-refractivity contribution in [2.24, 2.45) is 0 Å². The van der Waals surface area contributed by atoms with Gasteiger partial charge in [-0.1, -0.05) is 42.5 Å². The van der Waals surface area contributed by atoms with Crippen molar-refractivity contribution in [1.29, 1.82) is 0 Å². The van der Waals surface area contributed by atoms with Crippen LogP contribution in [0.1, 0.15) is 12.5 Å². The third-order valence-electron chi connectivity index (χ3n) is 4.31. The van der Waals surface area contributed by atoms with Crippen LogP contribution in [0, 0.1) is 0 Å². The van der Waals surface area contributed by atoms with Gasteiger partial charge in [-0.2, -0.15) is 8.78 Å². The number of halogens is 2. The Labute approximate surface area is 159 Å². The van der Waals surface area contributed by atoms with Crippen molar-refractivity contribution in [1.82, 2.24) is 10.2 Å². The highest BCUT2D eigenvalue weighted by Crippen LogP contribution is 2.29. The number of anilines is 1. The molecule has 0 saturated carbocycles. The molecule has 1 fully saturated rings. The van der Waals surface area contributed by atoms with Gasteiger partial charge in [-0.15, -0.1) is 0 Å². The quantitative estimate of drug-likeness (QED) is 0.744. The zero-order valence-corrected chi connectivity index (χ0v) is 14.8. The fourth-order valence-corrected chi connectivity index (χ4v) is 2.91. The summed E-state index contributed by atoms with van der Waals surface area (Å²) in [6.07, 6.45) is 0. The predicted molar refractivity (Wildman–Crippen MR) is 95.7 cm³/mol. The number of imide groups is 1. The monoisotopic (exact) mass is 389 g/mol. The molecule has 3 rings (SSSR count). The number of hydrogen-bond acceptors (Lipinski definition) is 4. The molecular formula is C19H17F2N3O4. The van der Waals surface area contributed by atoms with Crippen molar-refractivity contribution < 1.29 is 27.9 Å². The van der Waals surface area contributed by atoms with Crippen LogP contribution in [0.2, 0.25) is 0 Å². The molecule has 1 aliphatic heterocycles. The molecule has 1 atom stereocenters. The van der Waals surface area contributed by atoms with Crippen LogP contribution in [-0.4, -0.2) is 35.9 Å². The number of alkyl halides is 2. The molecule has 7 nitrogen and oxygen atoms in total. The molecule has 0 spiro atoms. The second-order valence-corrected chi connectivity index (χ2v) is 6.24. The average molecular weight is 389 g/mol. The minimum atomic E-state index is -3.06. The lowest BCUT2D eigenvalue weighted by molar-refractivity contribution is -0.133. The third kappa shape index (κ3) is 3.78. The fourth-order valence-electron chi connectivity index (χ4n) is 2.91. The minimum absolute atomic E-state index is 0.00525. The Morgan fingerprint density at radius 2 is 1.79 bits per heavy atom. The molecule has 2 N–H and O–H groups in total. The predicted octanol–water partition coefficient (Wildman–Crippen LogP) is 2.69. The largest absolute Gasteiger partial charge is 0.433 e. The van der Waals surface area contributed by atoms with Crippen LogP contribution in [0.15, 0.2) is 54.6 Å². The first-order chi connectivity index (χ1) is 13.3. The molecule has 28 heavy (non-hydrogen) atoms. The molecule has 0 aliphatic carbocycles. The lowest BCUT2D eigenvalue weighted by Gasteiger charge is -2.22. The van der Waals surface area contributed by atoms with Gasteiger partial charge in [-0.25, -0.2) is 4.79 Å². The van der Waals surface area contributed by atoms with Crippen LogP contribution in [0.25, 0.3) is 0 Å². The number of rotatable bonds is 6. The van der Waals surface area contributed by atoms with E-state index in [0.717, 1.165) is 4.90 Å². The molecule has 1 heterocycles. The molecule has 0 unspecified atom stereocenters. The van der Waals surface area contributed by atoms with Gasteiger partial charge in [0.1, 0.15) is 17.8 Å². The van der Waals surface area contributed by atoms with Crippen LogP contribution in [-0.2, 0) is 15.1 Å². The summed E-state index contributed by atoms with van der Waals surface area (Å²) in [5.41, 5.74) is -0.715. The van der Waals surface area contributed by atoms with Gasteiger partial charge in [-0.3, -0.25) is 14.5 Å². The summed E-state index contributed by atoms with van der Waals surface area (Å²) in [5, 5.41) is 4.97. The maximum absolute atomic E-state index is 12.8. The van der Waals surface area contributed by atoms with Crippen molar-refractivity contribution in [2.45, 2.75) is 19.1 Å². The summed E-state index contributed by atoms with van der Waals surface area (Å²) < 4.78 is 29.3. The molecule has 1 aliphatic rings. The van der Waals surface area contributed by atoms with Gasteiger partial charge in [0, 0.05) is 0 Å². The molecule has 1 saturated heterocycles. The Balaban J connectivity index is 1.73. The molecule has 146 valence electrons. The lowest BCUT2D eigenvalue weighted by Crippen LogP contribution is -2.42. The lowest BCUT2D eigenvalue weighted by atomic mass is 9.92. The zero-order valence-electron chi connectivity index (χ0n) is 14.8. The van der Waals surface area contributed by atoms with Crippen LogP contribution in [0.5, 0.6) is 5.75 Å². The van der Waals surface area contributed by atoms with Gasteiger partial charge >= 0.3 is 12.6 Å². The maximum Gasteiger partial charge on any atom is 0.387 e. The van der Waals surface area contributed by atoms with Gasteiger partial charge in [0.25, 0.3) is 5.91 Å². The van der Waals surface area contributed by atoms with Crippen LogP contribution >= 0.6 is 0 Å².